The first kappa shape index (κ1) is 16.2. The fourth-order valence-corrected chi connectivity index (χ4v) is 3.22. The highest BCUT2D eigenvalue weighted by molar-refractivity contribution is 5.79. The second-order valence-corrected chi connectivity index (χ2v) is 5.92. The number of ether oxygens (including phenoxy) is 1. The van der Waals surface area contributed by atoms with Crippen molar-refractivity contribution < 1.29 is 22.7 Å². The molecule has 1 amide bonds. The molecule has 2 aliphatic rings. The van der Waals surface area contributed by atoms with E-state index in [1.807, 2.05) is 0 Å². The second kappa shape index (κ2) is 6.07. The smallest absolute Gasteiger partial charge is 0.378 e. The molecule has 1 aromatic rings. The van der Waals surface area contributed by atoms with Crippen molar-refractivity contribution >= 4 is 5.91 Å². The van der Waals surface area contributed by atoms with E-state index in [4.69, 9.17) is 4.74 Å². The van der Waals surface area contributed by atoms with Crippen molar-refractivity contribution in [3.63, 3.8) is 0 Å². The largest absolute Gasteiger partial charge is 0.433 e. The van der Waals surface area contributed by atoms with E-state index in [2.05, 4.69) is 9.97 Å². The second-order valence-electron chi connectivity index (χ2n) is 5.92. The van der Waals surface area contributed by atoms with Crippen molar-refractivity contribution in [3.8, 4) is 0 Å². The number of rotatable bonds is 1. The molecule has 126 valence electrons. The maximum atomic E-state index is 13.2. The third-order valence-corrected chi connectivity index (χ3v) is 4.33. The molecule has 1 atom stereocenters. The number of halogens is 3. The predicted molar refractivity (Wildman–Crippen MR) is 74.7 cm³/mol. The Morgan fingerprint density at radius 2 is 1.96 bits per heavy atom. The number of aryl methyl sites for hydroxylation is 2. The lowest BCUT2D eigenvalue weighted by atomic mass is 9.84. The van der Waals surface area contributed by atoms with Gasteiger partial charge in [0.2, 0.25) is 5.91 Å². The molecule has 1 saturated heterocycles. The highest BCUT2D eigenvalue weighted by Gasteiger charge is 2.40. The van der Waals surface area contributed by atoms with Gasteiger partial charge in [0.05, 0.1) is 13.2 Å². The molecule has 0 spiro atoms. The zero-order chi connectivity index (χ0) is 16.6. The first-order valence-electron chi connectivity index (χ1n) is 7.66. The van der Waals surface area contributed by atoms with Gasteiger partial charge in [-0.15, -0.1) is 0 Å². The molecule has 23 heavy (non-hydrogen) atoms. The summed E-state index contributed by atoms with van der Waals surface area (Å²) in [5.74, 6) is -0.408. The zero-order valence-electron chi connectivity index (χ0n) is 12.8. The van der Waals surface area contributed by atoms with E-state index in [1.54, 1.807) is 4.90 Å². The van der Waals surface area contributed by atoms with Crippen LogP contribution in [0, 0.1) is 12.8 Å². The van der Waals surface area contributed by atoms with E-state index < -0.39 is 17.8 Å². The van der Waals surface area contributed by atoms with Gasteiger partial charge < -0.3 is 9.64 Å². The number of fused-ring (bicyclic) bond motifs is 1. The van der Waals surface area contributed by atoms with Crippen LogP contribution >= 0.6 is 0 Å². The molecular formula is C15H18F3N3O2. The maximum absolute atomic E-state index is 13.2. The molecule has 0 aromatic carbocycles. The Bertz CT molecular complexity index is 613. The summed E-state index contributed by atoms with van der Waals surface area (Å²) in [5, 5.41) is 0. The summed E-state index contributed by atoms with van der Waals surface area (Å²) in [6.45, 7) is 3.41. The highest BCUT2D eigenvalue weighted by Crippen LogP contribution is 2.36. The molecule has 3 rings (SSSR count). The van der Waals surface area contributed by atoms with Gasteiger partial charge in [0.25, 0.3) is 0 Å². The van der Waals surface area contributed by atoms with Crippen LogP contribution in [0.3, 0.4) is 0 Å². The number of hydrogen-bond acceptors (Lipinski definition) is 4. The Kier molecular flexibility index (Phi) is 4.27. The van der Waals surface area contributed by atoms with Crippen LogP contribution in [0.2, 0.25) is 0 Å². The SMILES string of the molecule is Cc1nc2c(c(C(F)(F)F)n1)CC(C(=O)N1CCOCC1)CC2. The van der Waals surface area contributed by atoms with Gasteiger partial charge in [-0.05, 0) is 26.2 Å². The lowest BCUT2D eigenvalue weighted by Crippen LogP contribution is -2.45. The van der Waals surface area contributed by atoms with Crippen molar-refractivity contribution in [2.45, 2.75) is 32.4 Å². The van der Waals surface area contributed by atoms with Crippen LogP contribution in [0.4, 0.5) is 13.2 Å². The van der Waals surface area contributed by atoms with E-state index in [9.17, 15) is 18.0 Å². The van der Waals surface area contributed by atoms with Crippen molar-refractivity contribution in [2.24, 2.45) is 5.92 Å². The Balaban J connectivity index is 1.86. The minimum Gasteiger partial charge on any atom is -0.378 e. The number of amides is 1. The van der Waals surface area contributed by atoms with Crippen molar-refractivity contribution in [3.05, 3.63) is 22.8 Å². The van der Waals surface area contributed by atoms with Crippen LogP contribution in [0.25, 0.3) is 0 Å². The summed E-state index contributed by atoms with van der Waals surface area (Å²) < 4.78 is 44.9. The first-order valence-corrected chi connectivity index (χ1v) is 7.66. The Hall–Kier alpha value is -1.70. The zero-order valence-corrected chi connectivity index (χ0v) is 12.8. The van der Waals surface area contributed by atoms with E-state index in [1.165, 1.54) is 6.92 Å². The van der Waals surface area contributed by atoms with Crippen LogP contribution in [-0.2, 0) is 28.5 Å². The monoisotopic (exact) mass is 329 g/mol. The van der Waals surface area contributed by atoms with E-state index >= 15 is 0 Å². The molecule has 8 heteroatoms. The van der Waals surface area contributed by atoms with Gasteiger partial charge in [0, 0.05) is 30.3 Å². The number of morpholine rings is 1. The minimum atomic E-state index is -4.53. The first-order chi connectivity index (χ1) is 10.9. The molecule has 0 radical (unpaired) electrons. The third-order valence-electron chi connectivity index (χ3n) is 4.33. The fraction of sp³-hybridized carbons (Fsp3) is 0.667. The predicted octanol–water partition coefficient (Wildman–Crippen LogP) is 1.77. The van der Waals surface area contributed by atoms with Crippen molar-refractivity contribution in [1.82, 2.24) is 14.9 Å². The number of carbonyl (C=O) groups is 1. The topological polar surface area (TPSA) is 55.3 Å². The molecule has 0 saturated carbocycles. The van der Waals surface area contributed by atoms with E-state index in [-0.39, 0.29) is 23.7 Å². The molecule has 5 nitrogen and oxygen atoms in total. The molecule has 1 aliphatic carbocycles. The van der Waals surface area contributed by atoms with Crippen LogP contribution in [0.5, 0.6) is 0 Å². The number of hydrogen-bond donors (Lipinski definition) is 0. The standard InChI is InChI=1S/C15H18F3N3O2/c1-9-19-12-3-2-10(14(22)21-4-6-23-7-5-21)8-11(12)13(20-9)15(16,17)18/h10H,2-8H2,1H3. The number of aromatic nitrogens is 2. The Labute approximate surface area is 131 Å². The lowest BCUT2D eigenvalue weighted by molar-refractivity contribution is -0.144. The quantitative estimate of drug-likeness (QED) is 0.788. The van der Waals surface area contributed by atoms with Crippen molar-refractivity contribution in [1.29, 1.82) is 0 Å². The average molecular weight is 329 g/mol. The molecule has 0 N–H and O–H groups in total. The molecular weight excluding hydrogens is 311 g/mol. The van der Waals surface area contributed by atoms with Crippen LogP contribution in [0.1, 0.15) is 29.2 Å². The Morgan fingerprint density at radius 3 is 2.61 bits per heavy atom. The minimum absolute atomic E-state index is 0.0562. The summed E-state index contributed by atoms with van der Waals surface area (Å²) in [6.07, 6.45) is -3.57. The summed E-state index contributed by atoms with van der Waals surface area (Å²) in [6, 6.07) is 0. The maximum Gasteiger partial charge on any atom is 0.433 e. The molecule has 2 heterocycles. The van der Waals surface area contributed by atoms with Gasteiger partial charge in [0.1, 0.15) is 5.82 Å². The van der Waals surface area contributed by atoms with E-state index in [0.717, 1.165) is 0 Å². The molecule has 0 bridgehead atoms. The summed E-state index contributed by atoms with van der Waals surface area (Å²) >= 11 is 0. The van der Waals surface area contributed by atoms with Gasteiger partial charge in [-0.1, -0.05) is 0 Å². The molecule has 1 fully saturated rings. The number of nitrogens with zero attached hydrogens (tertiary/aromatic N) is 3. The van der Waals surface area contributed by atoms with Gasteiger partial charge in [0.15, 0.2) is 5.69 Å². The van der Waals surface area contributed by atoms with Crippen LogP contribution in [0.15, 0.2) is 0 Å². The normalized spacial score (nSPS) is 21.9. The number of carbonyl (C=O) groups excluding carboxylic acids is 1. The fourth-order valence-electron chi connectivity index (χ4n) is 3.22. The van der Waals surface area contributed by atoms with Gasteiger partial charge >= 0.3 is 6.18 Å². The lowest BCUT2D eigenvalue weighted by Gasteiger charge is -2.32. The molecule has 1 unspecified atom stereocenters. The Morgan fingerprint density at radius 1 is 1.26 bits per heavy atom. The summed E-state index contributed by atoms with van der Waals surface area (Å²) in [5.41, 5.74) is -0.378. The molecule has 1 aromatic heterocycles. The highest BCUT2D eigenvalue weighted by atomic mass is 19.4. The average Bonchev–Trinajstić information content (AvgIpc) is 2.53. The van der Waals surface area contributed by atoms with Gasteiger partial charge in [-0.25, -0.2) is 9.97 Å². The van der Waals surface area contributed by atoms with E-state index in [0.29, 0.717) is 44.8 Å². The third kappa shape index (κ3) is 3.31. The molecule has 1 aliphatic heterocycles. The van der Waals surface area contributed by atoms with Gasteiger partial charge in [-0.3, -0.25) is 4.79 Å². The summed E-state index contributed by atoms with van der Waals surface area (Å²) in [7, 11) is 0. The summed E-state index contributed by atoms with van der Waals surface area (Å²) in [4.78, 5) is 21.9. The van der Waals surface area contributed by atoms with Crippen LogP contribution < -0.4 is 0 Å². The number of alkyl halides is 3. The van der Waals surface area contributed by atoms with Crippen molar-refractivity contribution in [2.75, 3.05) is 26.3 Å². The van der Waals surface area contributed by atoms with Crippen LogP contribution in [-0.4, -0.2) is 47.1 Å². The van der Waals surface area contributed by atoms with Gasteiger partial charge in [-0.2, -0.15) is 13.2 Å².